The minimum absolute atomic E-state index is 0.0916. The van der Waals surface area contributed by atoms with Gasteiger partial charge in [-0.3, -0.25) is 4.79 Å². The molecule has 1 saturated heterocycles. The largest absolute Gasteiger partial charge is 0.361 e. The molecule has 1 aromatic rings. The van der Waals surface area contributed by atoms with Gasteiger partial charge in [-0.2, -0.15) is 0 Å². The number of carbonyl (C=O) groups excluding carboxylic acids is 1. The van der Waals surface area contributed by atoms with Gasteiger partial charge in [0, 0.05) is 24.7 Å². The highest BCUT2D eigenvalue weighted by Gasteiger charge is 2.25. The van der Waals surface area contributed by atoms with Crippen molar-refractivity contribution in [3.63, 3.8) is 0 Å². The van der Waals surface area contributed by atoms with Crippen LogP contribution in [0.25, 0.3) is 0 Å². The predicted molar refractivity (Wildman–Crippen MR) is 93.9 cm³/mol. The fourth-order valence-corrected chi connectivity index (χ4v) is 4.27. The number of nitrogens with zero attached hydrogens (tertiary/aromatic N) is 2. The fraction of sp³-hybridized carbons (Fsp3) is 0.789. The molecule has 3 rings (SSSR count). The van der Waals surface area contributed by atoms with E-state index >= 15 is 0 Å². The monoisotopic (exact) mass is 333 g/mol. The second-order valence-corrected chi connectivity index (χ2v) is 7.65. The molecule has 1 amide bonds. The number of nitrogens with one attached hydrogen (secondary N) is 1. The van der Waals surface area contributed by atoms with E-state index in [1.807, 2.05) is 13.8 Å². The Labute approximate surface area is 145 Å². The van der Waals surface area contributed by atoms with E-state index in [4.69, 9.17) is 4.52 Å². The number of aryl methyl sites for hydroxylation is 2. The minimum atomic E-state index is 0.0916. The van der Waals surface area contributed by atoms with Gasteiger partial charge >= 0.3 is 0 Å². The first-order valence-electron chi connectivity index (χ1n) is 9.55. The Morgan fingerprint density at radius 3 is 2.71 bits per heavy atom. The molecule has 1 saturated carbocycles. The standard InChI is InChI=1S/C19H31N3O2/c1-14-18(15(2)24-21-14)11-19(23)20-17-9-6-10-22(13-17)12-16-7-4-3-5-8-16/h16-17H,3-13H2,1-2H3,(H,20,23). The van der Waals surface area contributed by atoms with Crippen molar-refractivity contribution in [1.29, 1.82) is 0 Å². The number of amides is 1. The molecular weight excluding hydrogens is 302 g/mol. The zero-order valence-electron chi connectivity index (χ0n) is 15.1. The fourth-order valence-electron chi connectivity index (χ4n) is 4.27. The van der Waals surface area contributed by atoms with Gasteiger partial charge in [0.25, 0.3) is 0 Å². The van der Waals surface area contributed by atoms with E-state index in [0.717, 1.165) is 35.9 Å². The van der Waals surface area contributed by atoms with Gasteiger partial charge in [-0.1, -0.05) is 24.4 Å². The molecule has 1 N–H and O–H groups in total. The van der Waals surface area contributed by atoms with E-state index in [1.165, 1.54) is 51.6 Å². The second kappa shape index (κ2) is 8.15. The Kier molecular flexibility index (Phi) is 5.93. The molecule has 1 aromatic heterocycles. The Bertz CT molecular complexity index is 529. The molecule has 0 bridgehead atoms. The molecule has 0 aromatic carbocycles. The number of carbonyl (C=O) groups is 1. The van der Waals surface area contributed by atoms with Gasteiger partial charge in [0.2, 0.25) is 5.91 Å². The molecular formula is C19H31N3O2. The van der Waals surface area contributed by atoms with Gasteiger partial charge in [-0.05, 0) is 52.0 Å². The summed E-state index contributed by atoms with van der Waals surface area (Å²) in [5, 5.41) is 7.16. The van der Waals surface area contributed by atoms with Crippen molar-refractivity contribution in [2.24, 2.45) is 5.92 Å². The molecule has 2 aliphatic rings. The first-order valence-corrected chi connectivity index (χ1v) is 9.55. The normalized spacial score (nSPS) is 23.3. The summed E-state index contributed by atoms with van der Waals surface area (Å²) in [7, 11) is 0. The number of rotatable bonds is 5. The smallest absolute Gasteiger partial charge is 0.224 e. The Morgan fingerprint density at radius 2 is 2.00 bits per heavy atom. The van der Waals surface area contributed by atoms with Crippen molar-refractivity contribution in [1.82, 2.24) is 15.4 Å². The van der Waals surface area contributed by atoms with E-state index in [1.54, 1.807) is 0 Å². The van der Waals surface area contributed by atoms with Crippen LogP contribution in [0.5, 0.6) is 0 Å². The van der Waals surface area contributed by atoms with Gasteiger partial charge in [-0.15, -0.1) is 0 Å². The molecule has 1 aliphatic heterocycles. The van der Waals surface area contributed by atoms with Crippen LogP contribution in [0.4, 0.5) is 0 Å². The van der Waals surface area contributed by atoms with Crippen molar-refractivity contribution in [3.8, 4) is 0 Å². The van der Waals surface area contributed by atoms with Crippen LogP contribution in [0.2, 0.25) is 0 Å². The number of piperidine rings is 1. The maximum Gasteiger partial charge on any atom is 0.224 e. The molecule has 24 heavy (non-hydrogen) atoms. The zero-order chi connectivity index (χ0) is 16.9. The predicted octanol–water partition coefficient (Wildman–Crippen LogP) is 2.99. The summed E-state index contributed by atoms with van der Waals surface area (Å²) in [5.41, 5.74) is 1.76. The van der Waals surface area contributed by atoms with Crippen molar-refractivity contribution in [2.75, 3.05) is 19.6 Å². The van der Waals surface area contributed by atoms with E-state index in [2.05, 4.69) is 15.4 Å². The van der Waals surface area contributed by atoms with Crippen LogP contribution in [-0.4, -0.2) is 41.6 Å². The molecule has 2 fully saturated rings. The topological polar surface area (TPSA) is 58.4 Å². The average molecular weight is 333 g/mol. The summed E-state index contributed by atoms with van der Waals surface area (Å²) < 4.78 is 5.15. The molecule has 1 unspecified atom stereocenters. The summed E-state index contributed by atoms with van der Waals surface area (Å²) in [6, 6.07) is 0.287. The lowest BCUT2D eigenvalue weighted by atomic mass is 9.88. The number of hydrogen-bond donors (Lipinski definition) is 1. The SMILES string of the molecule is Cc1noc(C)c1CC(=O)NC1CCCN(CC2CCCCC2)C1. The number of aromatic nitrogens is 1. The molecule has 1 atom stereocenters. The average Bonchev–Trinajstić information content (AvgIpc) is 2.88. The molecule has 0 spiro atoms. The van der Waals surface area contributed by atoms with Crippen molar-refractivity contribution in [2.45, 2.75) is 71.3 Å². The highest BCUT2D eigenvalue weighted by Crippen LogP contribution is 2.25. The third kappa shape index (κ3) is 4.59. The summed E-state index contributed by atoms with van der Waals surface area (Å²) in [6.07, 6.45) is 9.64. The Hall–Kier alpha value is -1.36. The molecule has 5 heteroatoms. The molecule has 2 heterocycles. The summed E-state index contributed by atoms with van der Waals surface area (Å²) >= 11 is 0. The van der Waals surface area contributed by atoms with Crippen molar-refractivity contribution < 1.29 is 9.32 Å². The van der Waals surface area contributed by atoms with Crippen LogP contribution >= 0.6 is 0 Å². The maximum absolute atomic E-state index is 12.4. The minimum Gasteiger partial charge on any atom is -0.361 e. The lowest BCUT2D eigenvalue weighted by Gasteiger charge is -2.36. The van der Waals surface area contributed by atoms with E-state index in [-0.39, 0.29) is 11.9 Å². The molecule has 134 valence electrons. The second-order valence-electron chi connectivity index (χ2n) is 7.65. The Balaban J connectivity index is 1.47. The van der Waals surface area contributed by atoms with Gasteiger partial charge < -0.3 is 14.7 Å². The highest BCUT2D eigenvalue weighted by atomic mass is 16.5. The van der Waals surface area contributed by atoms with E-state index in [9.17, 15) is 4.79 Å². The van der Waals surface area contributed by atoms with Gasteiger partial charge in [0.1, 0.15) is 5.76 Å². The molecule has 0 radical (unpaired) electrons. The van der Waals surface area contributed by atoms with Crippen molar-refractivity contribution in [3.05, 3.63) is 17.0 Å². The maximum atomic E-state index is 12.4. The summed E-state index contributed by atoms with van der Waals surface area (Å²) in [6.45, 7) is 7.17. The Morgan fingerprint density at radius 1 is 1.21 bits per heavy atom. The molecule has 1 aliphatic carbocycles. The van der Waals surface area contributed by atoms with Crippen molar-refractivity contribution >= 4 is 5.91 Å². The van der Waals surface area contributed by atoms with Crippen LogP contribution in [-0.2, 0) is 11.2 Å². The van der Waals surface area contributed by atoms with Crippen LogP contribution in [0.15, 0.2) is 4.52 Å². The van der Waals surface area contributed by atoms with Crippen LogP contribution in [0.3, 0.4) is 0 Å². The van der Waals surface area contributed by atoms with Gasteiger partial charge in [0.05, 0.1) is 12.1 Å². The first kappa shape index (κ1) is 17.5. The first-order chi connectivity index (χ1) is 11.6. The molecule has 5 nitrogen and oxygen atoms in total. The third-order valence-corrected chi connectivity index (χ3v) is 5.63. The quantitative estimate of drug-likeness (QED) is 0.900. The summed E-state index contributed by atoms with van der Waals surface area (Å²) in [5.74, 6) is 1.72. The van der Waals surface area contributed by atoms with Gasteiger partial charge in [-0.25, -0.2) is 0 Å². The lowest BCUT2D eigenvalue weighted by molar-refractivity contribution is -0.121. The number of likely N-dealkylation sites (tertiary alicyclic amines) is 1. The lowest BCUT2D eigenvalue weighted by Crippen LogP contribution is -2.49. The zero-order valence-corrected chi connectivity index (χ0v) is 15.1. The summed E-state index contributed by atoms with van der Waals surface area (Å²) in [4.78, 5) is 15.0. The van der Waals surface area contributed by atoms with Crippen LogP contribution < -0.4 is 5.32 Å². The third-order valence-electron chi connectivity index (χ3n) is 5.63. The van der Waals surface area contributed by atoms with E-state index in [0.29, 0.717) is 6.42 Å². The van der Waals surface area contributed by atoms with E-state index < -0.39 is 0 Å². The highest BCUT2D eigenvalue weighted by molar-refractivity contribution is 5.79. The van der Waals surface area contributed by atoms with Crippen LogP contribution in [0.1, 0.15) is 62.0 Å². The van der Waals surface area contributed by atoms with Gasteiger partial charge in [0.15, 0.2) is 0 Å². The van der Waals surface area contributed by atoms with Crippen LogP contribution in [0, 0.1) is 19.8 Å². The number of hydrogen-bond acceptors (Lipinski definition) is 4.